The summed E-state index contributed by atoms with van der Waals surface area (Å²) in [6, 6.07) is 11.3. The summed E-state index contributed by atoms with van der Waals surface area (Å²) in [5, 5.41) is 9.62. The lowest BCUT2D eigenvalue weighted by molar-refractivity contribution is 0.310. The van der Waals surface area contributed by atoms with Crippen LogP contribution in [0.15, 0.2) is 34.8 Å². The minimum Gasteiger partial charge on any atom is -0.493 e. The molecule has 26 heavy (non-hydrogen) atoms. The first-order valence-corrected chi connectivity index (χ1v) is 8.71. The summed E-state index contributed by atoms with van der Waals surface area (Å²) in [7, 11) is 4.72. The van der Waals surface area contributed by atoms with Gasteiger partial charge in [-0.25, -0.2) is 0 Å². The minimum atomic E-state index is 0.491. The maximum Gasteiger partial charge on any atom is 0.174 e. The quantitative estimate of drug-likeness (QED) is 0.471. The van der Waals surface area contributed by atoms with Crippen LogP contribution in [0.2, 0.25) is 0 Å². The van der Waals surface area contributed by atoms with Crippen molar-refractivity contribution in [2.24, 2.45) is 0 Å². The average molecular weight is 418 g/mol. The van der Waals surface area contributed by atoms with E-state index in [0.29, 0.717) is 35.2 Å². The lowest BCUT2D eigenvalue weighted by Gasteiger charge is -2.12. The number of halogens is 1. The van der Waals surface area contributed by atoms with Crippen molar-refractivity contribution >= 4 is 27.6 Å². The van der Waals surface area contributed by atoms with Crippen molar-refractivity contribution in [3.8, 4) is 29.1 Å². The zero-order valence-electron chi connectivity index (χ0n) is 15.1. The van der Waals surface area contributed by atoms with Crippen LogP contribution in [0.4, 0.5) is 0 Å². The second-order valence-electron chi connectivity index (χ2n) is 5.21. The van der Waals surface area contributed by atoms with E-state index in [1.54, 1.807) is 39.5 Å². The molecule has 0 spiro atoms. The highest BCUT2D eigenvalue weighted by molar-refractivity contribution is 9.10. The molecule has 0 saturated carbocycles. The summed E-state index contributed by atoms with van der Waals surface area (Å²) in [6.07, 6.45) is 1.79. The lowest BCUT2D eigenvalue weighted by Crippen LogP contribution is -1.97. The van der Waals surface area contributed by atoms with Gasteiger partial charge in [-0.1, -0.05) is 0 Å². The molecule has 0 fully saturated rings. The van der Waals surface area contributed by atoms with Crippen LogP contribution in [0.3, 0.4) is 0 Å². The predicted molar refractivity (Wildman–Crippen MR) is 105 cm³/mol. The van der Waals surface area contributed by atoms with Gasteiger partial charge < -0.3 is 18.9 Å². The molecule has 5 nitrogen and oxygen atoms in total. The molecule has 0 aliphatic carbocycles. The summed E-state index contributed by atoms with van der Waals surface area (Å²) in [6.45, 7) is 2.41. The van der Waals surface area contributed by atoms with Crippen molar-refractivity contribution in [2.45, 2.75) is 6.92 Å². The number of benzene rings is 2. The summed E-state index contributed by atoms with van der Waals surface area (Å²) in [5.41, 5.74) is 2.04. The van der Waals surface area contributed by atoms with Gasteiger partial charge in [-0.2, -0.15) is 5.26 Å². The maximum atomic E-state index is 9.62. The Morgan fingerprint density at radius 3 is 2.35 bits per heavy atom. The van der Waals surface area contributed by atoms with Crippen molar-refractivity contribution in [3.05, 3.63) is 45.9 Å². The number of allylic oxidation sites excluding steroid dienone is 1. The van der Waals surface area contributed by atoms with Crippen LogP contribution in [-0.4, -0.2) is 27.9 Å². The molecule has 0 atom stereocenters. The van der Waals surface area contributed by atoms with Crippen molar-refractivity contribution < 1.29 is 18.9 Å². The number of rotatable bonds is 7. The largest absolute Gasteiger partial charge is 0.493 e. The fraction of sp³-hybridized carbons (Fsp3) is 0.250. The van der Waals surface area contributed by atoms with Crippen LogP contribution < -0.4 is 18.9 Å². The molecule has 0 saturated heterocycles. The standard InChI is InChI=1S/C20H20BrNO4/c1-5-26-19-10-13(9-16(21)20(19)25-4)8-15(12-22)14-6-7-17(23-2)18(11-14)24-3/h6-11H,5H2,1-4H3/b15-8+. The number of methoxy groups -OCH3 is 3. The molecule has 0 N–H and O–H groups in total. The van der Waals surface area contributed by atoms with Gasteiger partial charge in [0.15, 0.2) is 23.0 Å². The normalized spacial score (nSPS) is 10.8. The molecule has 0 radical (unpaired) electrons. The molecule has 136 valence electrons. The average Bonchev–Trinajstić information content (AvgIpc) is 2.65. The van der Waals surface area contributed by atoms with Gasteiger partial charge in [0.2, 0.25) is 0 Å². The SMILES string of the molecule is CCOc1cc(/C=C(\C#N)c2ccc(OC)c(OC)c2)cc(Br)c1OC. The third-order valence-corrected chi connectivity index (χ3v) is 4.25. The molecule has 2 aromatic rings. The molecule has 0 amide bonds. The monoisotopic (exact) mass is 417 g/mol. The van der Waals surface area contributed by atoms with Gasteiger partial charge in [0, 0.05) is 0 Å². The van der Waals surface area contributed by atoms with E-state index in [-0.39, 0.29) is 0 Å². The number of nitriles is 1. The first kappa shape index (κ1) is 19.7. The summed E-state index contributed by atoms with van der Waals surface area (Å²) >= 11 is 3.48. The predicted octanol–water partition coefficient (Wildman–Crippen LogP) is 4.94. The first-order valence-electron chi connectivity index (χ1n) is 7.92. The molecule has 0 bridgehead atoms. The van der Waals surface area contributed by atoms with Crippen molar-refractivity contribution in [1.29, 1.82) is 5.26 Å². The van der Waals surface area contributed by atoms with Crippen LogP contribution in [0, 0.1) is 11.3 Å². The van der Waals surface area contributed by atoms with Crippen LogP contribution in [0.5, 0.6) is 23.0 Å². The van der Waals surface area contributed by atoms with Gasteiger partial charge in [0.05, 0.1) is 44.1 Å². The Morgan fingerprint density at radius 2 is 1.77 bits per heavy atom. The molecule has 2 rings (SSSR count). The highest BCUT2D eigenvalue weighted by Crippen LogP contribution is 2.38. The molecular formula is C20H20BrNO4. The van der Waals surface area contributed by atoms with E-state index in [1.807, 2.05) is 25.1 Å². The van der Waals surface area contributed by atoms with Crippen molar-refractivity contribution in [3.63, 3.8) is 0 Å². The van der Waals surface area contributed by atoms with Gasteiger partial charge in [0.1, 0.15) is 0 Å². The van der Waals surface area contributed by atoms with E-state index in [9.17, 15) is 5.26 Å². The molecule has 0 heterocycles. The molecular weight excluding hydrogens is 398 g/mol. The van der Waals surface area contributed by atoms with E-state index >= 15 is 0 Å². The first-order chi connectivity index (χ1) is 12.6. The van der Waals surface area contributed by atoms with Crippen molar-refractivity contribution in [2.75, 3.05) is 27.9 Å². The number of nitrogens with zero attached hydrogens (tertiary/aromatic N) is 1. The van der Waals surface area contributed by atoms with Crippen molar-refractivity contribution in [1.82, 2.24) is 0 Å². The van der Waals surface area contributed by atoms with Crippen LogP contribution >= 0.6 is 15.9 Å². The number of hydrogen-bond donors (Lipinski definition) is 0. The minimum absolute atomic E-state index is 0.491. The zero-order valence-corrected chi connectivity index (χ0v) is 16.7. The third kappa shape index (κ3) is 4.30. The second kappa shape index (κ2) is 9.16. The van der Waals surface area contributed by atoms with Gasteiger partial charge in [-0.15, -0.1) is 0 Å². The fourth-order valence-corrected chi connectivity index (χ4v) is 3.10. The van der Waals surface area contributed by atoms with E-state index in [0.717, 1.165) is 15.6 Å². The molecule has 6 heteroatoms. The van der Waals surface area contributed by atoms with Crippen LogP contribution in [-0.2, 0) is 0 Å². The second-order valence-corrected chi connectivity index (χ2v) is 6.06. The van der Waals surface area contributed by atoms with Gasteiger partial charge in [-0.05, 0) is 70.4 Å². The van der Waals surface area contributed by atoms with Gasteiger partial charge in [-0.3, -0.25) is 0 Å². The Labute approximate surface area is 161 Å². The van der Waals surface area contributed by atoms with E-state index in [1.165, 1.54) is 0 Å². The Balaban J connectivity index is 2.51. The molecule has 0 aliphatic rings. The molecule has 0 unspecified atom stereocenters. The van der Waals surface area contributed by atoms with E-state index in [2.05, 4.69) is 22.0 Å². The molecule has 0 aliphatic heterocycles. The van der Waals surface area contributed by atoms with Gasteiger partial charge >= 0.3 is 0 Å². The third-order valence-electron chi connectivity index (χ3n) is 3.66. The fourth-order valence-electron chi connectivity index (χ4n) is 2.48. The van der Waals surface area contributed by atoms with E-state index < -0.39 is 0 Å². The van der Waals surface area contributed by atoms with Gasteiger partial charge in [0.25, 0.3) is 0 Å². The number of hydrogen-bond acceptors (Lipinski definition) is 5. The Hall–Kier alpha value is -2.65. The summed E-state index contributed by atoms with van der Waals surface area (Å²) in [5.74, 6) is 2.41. The highest BCUT2D eigenvalue weighted by Gasteiger charge is 2.12. The summed E-state index contributed by atoms with van der Waals surface area (Å²) < 4.78 is 22.3. The topological polar surface area (TPSA) is 60.7 Å². The zero-order chi connectivity index (χ0) is 19.1. The number of ether oxygens (including phenoxy) is 4. The molecule has 2 aromatic carbocycles. The molecule has 0 aromatic heterocycles. The Bertz CT molecular complexity index is 856. The highest BCUT2D eigenvalue weighted by atomic mass is 79.9. The summed E-state index contributed by atoms with van der Waals surface area (Å²) in [4.78, 5) is 0. The maximum absolute atomic E-state index is 9.62. The lowest BCUT2D eigenvalue weighted by atomic mass is 10.0. The van der Waals surface area contributed by atoms with Crippen LogP contribution in [0.1, 0.15) is 18.1 Å². The smallest absolute Gasteiger partial charge is 0.174 e. The van der Waals surface area contributed by atoms with E-state index in [4.69, 9.17) is 18.9 Å². The Morgan fingerprint density at radius 1 is 1.04 bits per heavy atom. The van der Waals surface area contributed by atoms with Crippen LogP contribution in [0.25, 0.3) is 11.6 Å². The Kier molecular flexibility index (Phi) is 6.93.